The van der Waals surface area contributed by atoms with E-state index in [1.807, 2.05) is 19.9 Å². The third-order valence-corrected chi connectivity index (χ3v) is 5.23. The van der Waals surface area contributed by atoms with E-state index < -0.39 is 10.1 Å². The van der Waals surface area contributed by atoms with Crippen molar-refractivity contribution in [3.05, 3.63) is 53.6 Å². The van der Waals surface area contributed by atoms with Crippen LogP contribution >= 0.6 is 0 Å². The number of carbonyl (C=O) groups is 1. The summed E-state index contributed by atoms with van der Waals surface area (Å²) in [7, 11) is -3.92. The fourth-order valence-electron chi connectivity index (χ4n) is 2.62. The van der Waals surface area contributed by atoms with Crippen molar-refractivity contribution in [2.75, 3.05) is 5.32 Å². The molecule has 2 aromatic carbocycles. The smallest absolute Gasteiger partial charge is 0.339 e. The molecule has 1 amide bonds. The van der Waals surface area contributed by atoms with Gasteiger partial charge in [0.2, 0.25) is 5.91 Å². The fourth-order valence-corrected chi connectivity index (χ4v) is 3.59. The molecule has 0 radical (unpaired) electrons. The molecule has 1 heterocycles. The SMILES string of the molecule is CC(C)c1cccc(OS(=O)(=O)c2ccc3c(c2)CCC(=O)N3)c1. The molecule has 0 fully saturated rings. The van der Waals surface area contributed by atoms with Crippen LogP contribution in [0.1, 0.15) is 37.3 Å². The van der Waals surface area contributed by atoms with Gasteiger partial charge in [0.25, 0.3) is 0 Å². The quantitative estimate of drug-likeness (QED) is 0.861. The molecule has 2 aromatic rings. The standard InChI is InChI=1S/C18H19NO4S/c1-12(2)13-4-3-5-15(10-13)23-24(21,22)16-7-8-17-14(11-16)6-9-18(20)19-17/h3-5,7-8,10-12H,6,9H2,1-2H3,(H,19,20). The van der Waals surface area contributed by atoms with Gasteiger partial charge in [0.1, 0.15) is 10.6 Å². The van der Waals surface area contributed by atoms with Crippen molar-refractivity contribution in [1.82, 2.24) is 0 Å². The Labute approximate surface area is 141 Å². The first-order chi connectivity index (χ1) is 11.3. The second kappa shape index (κ2) is 6.28. The van der Waals surface area contributed by atoms with E-state index in [0.29, 0.717) is 24.3 Å². The molecule has 3 rings (SSSR count). The maximum absolute atomic E-state index is 12.5. The topological polar surface area (TPSA) is 72.5 Å². The second-order valence-electron chi connectivity index (χ2n) is 6.13. The summed E-state index contributed by atoms with van der Waals surface area (Å²) in [5.41, 5.74) is 2.47. The number of carbonyl (C=O) groups excluding carboxylic acids is 1. The number of nitrogens with one attached hydrogen (secondary N) is 1. The van der Waals surface area contributed by atoms with Gasteiger partial charge in [-0.1, -0.05) is 26.0 Å². The number of fused-ring (bicyclic) bond motifs is 1. The van der Waals surface area contributed by atoms with Gasteiger partial charge in [0, 0.05) is 12.1 Å². The van der Waals surface area contributed by atoms with Crippen LogP contribution in [0.5, 0.6) is 5.75 Å². The predicted molar refractivity (Wildman–Crippen MR) is 91.7 cm³/mol. The monoisotopic (exact) mass is 345 g/mol. The minimum Gasteiger partial charge on any atom is -0.379 e. The molecule has 0 spiro atoms. The van der Waals surface area contributed by atoms with Gasteiger partial charge in [-0.2, -0.15) is 8.42 Å². The van der Waals surface area contributed by atoms with E-state index in [4.69, 9.17) is 4.18 Å². The van der Waals surface area contributed by atoms with Crippen molar-refractivity contribution in [3.63, 3.8) is 0 Å². The van der Waals surface area contributed by atoms with E-state index in [9.17, 15) is 13.2 Å². The van der Waals surface area contributed by atoms with Gasteiger partial charge in [-0.05, 0) is 53.8 Å². The number of benzene rings is 2. The molecule has 0 saturated heterocycles. The highest BCUT2D eigenvalue weighted by molar-refractivity contribution is 7.87. The molecule has 24 heavy (non-hydrogen) atoms. The van der Waals surface area contributed by atoms with Gasteiger partial charge in [0.15, 0.2) is 0 Å². The van der Waals surface area contributed by atoms with Crippen molar-refractivity contribution in [1.29, 1.82) is 0 Å². The lowest BCUT2D eigenvalue weighted by Crippen LogP contribution is -2.19. The van der Waals surface area contributed by atoms with Crippen LogP contribution in [0.4, 0.5) is 5.69 Å². The molecule has 0 bridgehead atoms. The van der Waals surface area contributed by atoms with Crippen LogP contribution < -0.4 is 9.50 Å². The normalized spacial score (nSPS) is 14.2. The molecule has 0 unspecified atom stereocenters. The minimum absolute atomic E-state index is 0.0557. The van der Waals surface area contributed by atoms with E-state index in [1.165, 1.54) is 6.07 Å². The highest BCUT2D eigenvalue weighted by Crippen LogP contribution is 2.28. The number of hydrogen-bond donors (Lipinski definition) is 1. The Hall–Kier alpha value is -2.34. The summed E-state index contributed by atoms with van der Waals surface area (Å²) in [6, 6.07) is 11.7. The highest BCUT2D eigenvalue weighted by atomic mass is 32.2. The Kier molecular flexibility index (Phi) is 4.32. The van der Waals surface area contributed by atoms with Gasteiger partial charge in [0.05, 0.1) is 0 Å². The number of anilines is 1. The third kappa shape index (κ3) is 3.43. The first kappa shape index (κ1) is 16.5. The van der Waals surface area contributed by atoms with Gasteiger partial charge in [-0.25, -0.2) is 0 Å². The van der Waals surface area contributed by atoms with Crippen molar-refractivity contribution in [2.24, 2.45) is 0 Å². The maximum atomic E-state index is 12.5. The third-order valence-electron chi connectivity index (χ3n) is 3.99. The lowest BCUT2D eigenvalue weighted by atomic mass is 10.0. The molecular weight excluding hydrogens is 326 g/mol. The zero-order chi connectivity index (χ0) is 17.3. The number of aryl methyl sites for hydroxylation is 1. The van der Waals surface area contributed by atoms with Gasteiger partial charge < -0.3 is 9.50 Å². The van der Waals surface area contributed by atoms with Crippen LogP contribution in [-0.2, 0) is 21.3 Å². The summed E-state index contributed by atoms with van der Waals surface area (Å²) in [5.74, 6) is 0.524. The lowest BCUT2D eigenvalue weighted by Gasteiger charge is -2.17. The molecule has 126 valence electrons. The maximum Gasteiger partial charge on any atom is 0.339 e. The Bertz CT molecular complexity index is 888. The fraction of sp³-hybridized carbons (Fsp3) is 0.278. The Morgan fingerprint density at radius 3 is 2.62 bits per heavy atom. The van der Waals surface area contributed by atoms with E-state index in [2.05, 4.69) is 5.32 Å². The zero-order valence-corrected chi connectivity index (χ0v) is 14.4. The minimum atomic E-state index is -3.92. The van der Waals surface area contributed by atoms with Crippen LogP contribution in [0.2, 0.25) is 0 Å². The van der Waals surface area contributed by atoms with Crippen molar-refractivity contribution in [3.8, 4) is 5.75 Å². The summed E-state index contributed by atoms with van der Waals surface area (Å²) in [4.78, 5) is 11.5. The van der Waals surface area contributed by atoms with Crippen LogP contribution in [0.15, 0.2) is 47.4 Å². The van der Waals surface area contributed by atoms with Crippen molar-refractivity contribution >= 4 is 21.7 Å². The molecule has 1 aliphatic heterocycles. The van der Waals surface area contributed by atoms with Crippen LogP contribution in [-0.4, -0.2) is 14.3 Å². The summed E-state index contributed by atoms with van der Waals surface area (Å²) in [5, 5.41) is 2.73. The molecule has 1 N–H and O–H groups in total. The highest BCUT2D eigenvalue weighted by Gasteiger charge is 2.21. The van der Waals surface area contributed by atoms with Gasteiger partial charge in [-0.15, -0.1) is 0 Å². The van der Waals surface area contributed by atoms with Crippen LogP contribution in [0, 0.1) is 0 Å². The molecule has 6 heteroatoms. The number of hydrogen-bond acceptors (Lipinski definition) is 4. The van der Waals surface area contributed by atoms with E-state index in [1.54, 1.807) is 30.3 Å². The Morgan fingerprint density at radius 1 is 1.08 bits per heavy atom. The first-order valence-electron chi connectivity index (χ1n) is 7.82. The largest absolute Gasteiger partial charge is 0.379 e. The van der Waals surface area contributed by atoms with E-state index in [-0.39, 0.29) is 16.7 Å². The van der Waals surface area contributed by atoms with Gasteiger partial charge >= 0.3 is 10.1 Å². The summed E-state index contributed by atoms with van der Waals surface area (Å²) >= 11 is 0. The van der Waals surface area contributed by atoms with Crippen LogP contribution in [0.3, 0.4) is 0 Å². The Morgan fingerprint density at radius 2 is 1.88 bits per heavy atom. The average molecular weight is 345 g/mol. The lowest BCUT2D eigenvalue weighted by molar-refractivity contribution is -0.116. The molecule has 0 aliphatic carbocycles. The number of rotatable bonds is 4. The molecule has 5 nitrogen and oxygen atoms in total. The average Bonchev–Trinajstić information content (AvgIpc) is 2.54. The van der Waals surface area contributed by atoms with E-state index in [0.717, 1.165) is 11.1 Å². The first-order valence-corrected chi connectivity index (χ1v) is 9.23. The molecule has 0 aromatic heterocycles. The summed E-state index contributed by atoms with van der Waals surface area (Å²) < 4.78 is 30.3. The molecule has 1 aliphatic rings. The summed E-state index contributed by atoms with van der Waals surface area (Å²) in [6.07, 6.45) is 0.876. The van der Waals surface area contributed by atoms with Crippen molar-refractivity contribution < 1.29 is 17.4 Å². The Balaban J connectivity index is 1.88. The zero-order valence-electron chi connectivity index (χ0n) is 13.6. The molecular formula is C18H19NO4S. The second-order valence-corrected chi connectivity index (χ2v) is 7.68. The molecule has 0 saturated carbocycles. The molecule has 0 atom stereocenters. The van der Waals surface area contributed by atoms with E-state index >= 15 is 0 Å². The predicted octanol–water partition coefficient (Wildman–Crippen LogP) is 3.46. The van der Waals surface area contributed by atoms with Crippen molar-refractivity contribution in [2.45, 2.75) is 37.5 Å². The van der Waals surface area contributed by atoms with Gasteiger partial charge in [-0.3, -0.25) is 4.79 Å². The summed E-state index contributed by atoms with van der Waals surface area (Å²) in [6.45, 7) is 4.07. The number of amides is 1. The van der Waals surface area contributed by atoms with Crippen LogP contribution in [0.25, 0.3) is 0 Å².